The van der Waals surface area contributed by atoms with Gasteiger partial charge in [-0.25, -0.2) is 0 Å². The number of fused-ring (bicyclic) bond motifs is 1. The molecular formula is C26H38N2O8. The number of carbonyl (C=O) groups excluding carboxylic acids is 3. The van der Waals surface area contributed by atoms with Crippen LogP contribution in [0, 0.1) is 5.92 Å². The molecule has 10 nitrogen and oxygen atoms in total. The molecule has 1 aromatic carbocycles. The fourth-order valence-electron chi connectivity index (χ4n) is 4.14. The Bertz CT molecular complexity index is 811. The molecule has 36 heavy (non-hydrogen) atoms. The summed E-state index contributed by atoms with van der Waals surface area (Å²) in [6.45, 7) is 8.53. The van der Waals surface area contributed by atoms with Crippen molar-refractivity contribution in [2.75, 3.05) is 79.2 Å². The molecule has 3 amide bonds. The maximum absolute atomic E-state index is 13.9. The fraction of sp³-hybridized carbons (Fsp3) is 0.654. The minimum atomic E-state index is -0.910. The maximum atomic E-state index is 13.9. The number of carbonyl (C=O) groups is 3. The highest BCUT2D eigenvalue weighted by Gasteiger charge is 2.45. The van der Waals surface area contributed by atoms with Gasteiger partial charge >= 0.3 is 0 Å². The van der Waals surface area contributed by atoms with Crippen LogP contribution in [0.2, 0.25) is 0 Å². The Kier molecular flexibility index (Phi) is 11.8. The van der Waals surface area contributed by atoms with Crippen LogP contribution in [-0.4, -0.2) is 113 Å². The first-order chi connectivity index (χ1) is 17.6. The van der Waals surface area contributed by atoms with Crippen molar-refractivity contribution in [2.24, 2.45) is 5.92 Å². The first-order valence-electron chi connectivity index (χ1n) is 12.7. The van der Waals surface area contributed by atoms with Gasteiger partial charge in [0.05, 0.1) is 77.2 Å². The van der Waals surface area contributed by atoms with Crippen molar-refractivity contribution in [3.63, 3.8) is 0 Å². The monoisotopic (exact) mass is 506 g/mol. The van der Waals surface area contributed by atoms with E-state index in [1.165, 1.54) is 0 Å². The Balaban J connectivity index is 1.71. The smallest absolute Gasteiger partial charge is 0.262 e. The van der Waals surface area contributed by atoms with Gasteiger partial charge in [-0.3, -0.25) is 19.3 Å². The summed E-state index contributed by atoms with van der Waals surface area (Å²) in [6.07, 6.45) is 0.628. The van der Waals surface area contributed by atoms with Gasteiger partial charge in [-0.15, -0.1) is 0 Å². The fourth-order valence-corrected chi connectivity index (χ4v) is 4.14. The van der Waals surface area contributed by atoms with Crippen LogP contribution in [0.3, 0.4) is 0 Å². The second-order valence-corrected chi connectivity index (χ2v) is 8.74. The lowest BCUT2D eigenvalue weighted by molar-refractivity contribution is -0.139. The summed E-state index contributed by atoms with van der Waals surface area (Å²) in [4.78, 5) is 43.0. The number of imide groups is 1. The van der Waals surface area contributed by atoms with Crippen molar-refractivity contribution in [3.8, 4) is 0 Å². The summed E-state index contributed by atoms with van der Waals surface area (Å²) in [5.41, 5.74) is 0.667. The Morgan fingerprint density at radius 2 is 1.14 bits per heavy atom. The van der Waals surface area contributed by atoms with Crippen molar-refractivity contribution in [1.82, 2.24) is 9.80 Å². The normalized spacial score (nSPS) is 21.4. The molecule has 0 aromatic heterocycles. The molecule has 1 aromatic rings. The number of benzene rings is 1. The summed E-state index contributed by atoms with van der Waals surface area (Å²) >= 11 is 0. The molecule has 2 aliphatic heterocycles. The maximum Gasteiger partial charge on any atom is 0.262 e. The summed E-state index contributed by atoms with van der Waals surface area (Å²) in [7, 11) is 0. The molecule has 0 aliphatic carbocycles. The van der Waals surface area contributed by atoms with E-state index in [4.69, 9.17) is 23.7 Å². The predicted octanol–water partition coefficient (Wildman–Crippen LogP) is 1.62. The molecule has 0 bridgehead atoms. The van der Waals surface area contributed by atoms with E-state index < -0.39 is 17.9 Å². The van der Waals surface area contributed by atoms with Gasteiger partial charge in [0.1, 0.15) is 6.04 Å². The Hall–Kier alpha value is -2.37. The van der Waals surface area contributed by atoms with Crippen LogP contribution in [0.4, 0.5) is 0 Å². The summed E-state index contributed by atoms with van der Waals surface area (Å²) in [6, 6.07) is 5.78. The lowest BCUT2D eigenvalue weighted by Gasteiger charge is -2.34. The van der Waals surface area contributed by atoms with E-state index in [-0.39, 0.29) is 11.8 Å². The van der Waals surface area contributed by atoms with Gasteiger partial charge in [0.15, 0.2) is 0 Å². The van der Waals surface area contributed by atoms with Crippen LogP contribution < -0.4 is 0 Å². The summed E-state index contributed by atoms with van der Waals surface area (Å²) in [5.74, 6) is -1.37. The zero-order valence-corrected chi connectivity index (χ0v) is 21.3. The largest absolute Gasteiger partial charge is 0.377 e. The number of rotatable bonds is 4. The molecule has 3 rings (SSSR count). The van der Waals surface area contributed by atoms with Gasteiger partial charge < -0.3 is 28.6 Å². The van der Waals surface area contributed by atoms with Crippen LogP contribution in [0.15, 0.2) is 24.3 Å². The van der Waals surface area contributed by atoms with Crippen LogP contribution in [-0.2, 0) is 28.5 Å². The highest BCUT2D eigenvalue weighted by atomic mass is 16.6. The molecule has 2 aliphatic rings. The van der Waals surface area contributed by atoms with Crippen LogP contribution in [0.5, 0.6) is 0 Å². The van der Waals surface area contributed by atoms with Crippen molar-refractivity contribution < 1.29 is 38.1 Å². The quantitative estimate of drug-likeness (QED) is 0.568. The first kappa shape index (κ1) is 28.2. The number of amides is 3. The van der Waals surface area contributed by atoms with Crippen molar-refractivity contribution >= 4 is 17.7 Å². The SMILES string of the molecule is CCC(C)C(C(=O)N1CCOCCOCCOCCOCCOCC1)N1C(=O)c2ccccc2C1=O. The van der Waals surface area contributed by atoms with E-state index in [1.54, 1.807) is 29.2 Å². The molecular weight excluding hydrogens is 468 g/mol. The number of hydrogen-bond donors (Lipinski definition) is 0. The second kappa shape index (κ2) is 15.0. The Labute approximate surface area is 212 Å². The highest BCUT2D eigenvalue weighted by molar-refractivity contribution is 6.22. The second-order valence-electron chi connectivity index (χ2n) is 8.74. The van der Waals surface area contributed by atoms with Crippen molar-refractivity contribution in [1.29, 1.82) is 0 Å². The van der Waals surface area contributed by atoms with E-state index in [1.807, 2.05) is 13.8 Å². The van der Waals surface area contributed by atoms with E-state index in [9.17, 15) is 14.4 Å². The van der Waals surface area contributed by atoms with Crippen LogP contribution in [0.25, 0.3) is 0 Å². The van der Waals surface area contributed by atoms with E-state index >= 15 is 0 Å². The Morgan fingerprint density at radius 1 is 0.750 bits per heavy atom. The zero-order chi connectivity index (χ0) is 25.8. The van der Waals surface area contributed by atoms with E-state index in [2.05, 4.69) is 0 Å². The number of nitrogens with zero attached hydrogens (tertiary/aromatic N) is 2. The lowest BCUT2D eigenvalue weighted by Crippen LogP contribution is -2.55. The molecule has 0 spiro atoms. The van der Waals surface area contributed by atoms with Gasteiger partial charge in [0, 0.05) is 13.1 Å². The predicted molar refractivity (Wildman–Crippen MR) is 131 cm³/mol. The van der Waals surface area contributed by atoms with Gasteiger partial charge in [0.2, 0.25) is 5.91 Å². The summed E-state index contributed by atoms with van der Waals surface area (Å²) < 4.78 is 27.7. The number of ether oxygens (including phenoxy) is 5. The molecule has 10 heteroatoms. The third kappa shape index (κ3) is 7.57. The first-order valence-corrected chi connectivity index (χ1v) is 12.7. The van der Waals surface area contributed by atoms with Gasteiger partial charge in [-0.1, -0.05) is 32.4 Å². The zero-order valence-electron chi connectivity index (χ0n) is 21.3. The molecule has 2 heterocycles. The topological polar surface area (TPSA) is 104 Å². The van der Waals surface area contributed by atoms with Crippen molar-refractivity contribution in [3.05, 3.63) is 35.4 Å². The van der Waals surface area contributed by atoms with Gasteiger partial charge in [-0.05, 0) is 18.1 Å². The molecule has 0 radical (unpaired) electrons. The average Bonchev–Trinajstić information content (AvgIpc) is 3.14. The molecule has 1 fully saturated rings. The third-order valence-electron chi connectivity index (χ3n) is 6.35. The van der Waals surface area contributed by atoms with Crippen LogP contribution >= 0.6 is 0 Å². The van der Waals surface area contributed by atoms with Crippen LogP contribution in [0.1, 0.15) is 41.0 Å². The average molecular weight is 507 g/mol. The standard InChI is InChI=1S/C26H38N2O8/c1-3-20(2)23(28-24(29)21-6-4-5-7-22(21)25(28)30)26(31)27-8-10-32-12-14-34-16-18-36-19-17-35-15-13-33-11-9-27/h4-7,20,23H,3,8-19H2,1-2H3. The molecule has 2 unspecified atom stereocenters. The minimum absolute atomic E-state index is 0.224. The number of hydrogen-bond acceptors (Lipinski definition) is 8. The molecule has 0 N–H and O–H groups in total. The third-order valence-corrected chi connectivity index (χ3v) is 6.35. The molecule has 200 valence electrons. The molecule has 0 saturated carbocycles. The summed E-state index contributed by atoms with van der Waals surface area (Å²) in [5, 5.41) is 0. The lowest BCUT2D eigenvalue weighted by atomic mass is 9.96. The highest BCUT2D eigenvalue weighted by Crippen LogP contribution is 2.29. The van der Waals surface area contributed by atoms with Gasteiger partial charge in [0.25, 0.3) is 11.8 Å². The van der Waals surface area contributed by atoms with E-state index in [0.717, 1.165) is 4.90 Å². The Morgan fingerprint density at radius 3 is 1.53 bits per heavy atom. The van der Waals surface area contributed by atoms with E-state index in [0.29, 0.717) is 96.7 Å². The van der Waals surface area contributed by atoms with Crippen molar-refractivity contribution in [2.45, 2.75) is 26.3 Å². The molecule has 1 saturated heterocycles. The molecule has 2 atom stereocenters. The van der Waals surface area contributed by atoms with Gasteiger partial charge in [-0.2, -0.15) is 0 Å². The minimum Gasteiger partial charge on any atom is -0.377 e.